The number of ether oxygens (including phenoxy) is 1. The highest BCUT2D eigenvalue weighted by Gasteiger charge is 2.40. The van der Waals surface area contributed by atoms with Gasteiger partial charge < -0.3 is 14.2 Å². The predicted molar refractivity (Wildman–Crippen MR) is 112 cm³/mol. The van der Waals surface area contributed by atoms with Crippen LogP contribution in [0.25, 0.3) is 0 Å². The minimum atomic E-state index is -0.481. The summed E-state index contributed by atoms with van der Waals surface area (Å²) in [4.78, 5) is 30.4. The molecule has 0 spiro atoms. The smallest absolute Gasteiger partial charge is 0.256 e. The fourth-order valence-corrected chi connectivity index (χ4v) is 5.97. The van der Waals surface area contributed by atoms with Crippen LogP contribution in [0.15, 0.2) is 41.2 Å². The van der Waals surface area contributed by atoms with Crippen LogP contribution in [0.3, 0.4) is 0 Å². The molecule has 2 aromatic rings. The Balaban J connectivity index is 1.24. The van der Waals surface area contributed by atoms with Crippen LogP contribution in [0.4, 0.5) is 4.39 Å². The average Bonchev–Trinajstić information content (AvgIpc) is 3.39. The second-order valence-electron chi connectivity index (χ2n) is 9.46. The number of rotatable bonds is 3. The van der Waals surface area contributed by atoms with Crippen molar-refractivity contribution in [1.82, 2.24) is 14.4 Å². The molecule has 4 bridgehead atoms. The van der Waals surface area contributed by atoms with E-state index in [2.05, 4.69) is 11.0 Å². The van der Waals surface area contributed by atoms with E-state index in [4.69, 9.17) is 4.74 Å². The van der Waals surface area contributed by atoms with Gasteiger partial charge in [-0.1, -0.05) is 18.2 Å². The van der Waals surface area contributed by atoms with Gasteiger partial charge in [-0.25, -0.2) is 4.39 Å². The second kappa shape index (κ2) is 7.28. The normalized spacial score (nSPS) is 29.3. The summed E-state index contributed by atoms with van der Waals surface area (Å²) < 4.78 is 21.8. The van der Waals surface area contributed by atoms with E-state index in [0.29, 0.717) is 38.3 Å². The molecular weight excluding hydrogens is 397 g/mol. The first-order chi connectivity index (χ1) is 15.1. The van der Waals surface area contributed by atoms with Gasteiger partial charge in [0.1, 0.15) is 5.82 Å². The molecule has 5 heterocycles. The fraction of sp³-hybridized carbons (Fsp3) is 0.500. The number of carbonyl (C=O) groups is 1. The lowest BCUT2D eigenvalue weighted by Crippen LogP contribution is -2.49. The Morgan fingerprint density at radius 3 is 2.71 bits per heavy atom. The van der Waals surface area contributed by atoms with Crippen molar-refractivity contribution in [3.63, 3.8) is 0 Å². The first-order valence-electron chi connectivity index (χ1n) is 11.2. The van der Waals surface area contributed by atoms with Crippen LogP contribution in [0.5, 0.6) is 0 Å². The number of morpholine rings is 1. The topological polar surface area (TPSA) is 54.8 Å². The first-order valence-corrected chi connectivity index (χ1v) is 11.2. The molecule has 7 heteroatoms. The zero-order valence-corrected chi connectivity index (χ0v) is 17.4. The summed E-state index contributed by atoms with van der Waals surface area (Å²) in [6.07, 6.45) is 2.36. The first kappa shape index (κ1) is 19.2. The molecule has 4 aliphatic heterocycles. The molecule has 31 heavy (non-hydrogen) atoms. The van der Waals surface area contributed by atoms with Crippen molar-refractivity contribution in [1.29, 1.82) is 0 Å². The van der Waals surface area contributed by atoms with Gasteiger partial charge in [-0.3, -0.25) is 14.5 Å². The number of hydrogen-bond donors (Lipinski definition) is 0. The van der Waals surface area contributed by atoms with Crippen LogP contribution >= 0.6 is 0 Å². The fourth-order valence-electron chi connectivity index (χ4n) is 5.97. The van der Waals surface area contributed by atoms with E-state index in [-0.39, 0.29) is 28.9 Å². The van der Waals surface area contributed by atoms with Crippen LogP contribution in [-0.4, -0.2) is 58.7 Å². The Hall–Kier alpha value is -2.51. The number of nitrogens with zero attached hydrogens (tertiary/aromatic N) is 3. The molecule has 3 fully saturated rings. The Morgan fingerprint density at radius 2 is 1.94 bits per heavy atom. The monoisotopic (exact) mass is 423 g/mol. The Morgan fingerprint density at radius 1 is 1.06 bits per heavy atom. The largest absolute Gasteiger partial charge is 0.375 e. The quantitative estimate of drug-likeness (QED) is 0.760. The van der Waals surface area contributed by atoms with E-state index in [1.165, 1.54) is 6.07 Å². The molecular formula is C24H26FN3O3. The number of pyridine rings is 1. The van der Waals surface area contributed by atoms with Gasteiger partial charge in [-0.2, -0.15) is 0 Å². The highest BCUT2D eigenvalue weighted by molar-refractivity contribution is 5.94. The maximum absolute atomic E-state index is 14.1. The molecule has 0 radical (unpaired) electrons. The van der Waals surface area contributed by atoms with Crippen molar-refractivity contribution in [3.8, 4) is 0 Å². The summed E-state index contributed by atoms with van der Waals surface area (Å²) >= 11 is 0. The van der Waals surface area contributed by atoms with Gasteiger partial charge in [-0.05, 0) is 37.0 Å². The zero-order chi connectivity index (χ0) is 21.1. The van der Waals surface area contributed by atoms with Gasteiger partial charge >= 0.3 is 0 Å². The van der Waals surface area contributed by atoms with Crippen LogP contribution < -0.4 is 5.56 Å². The summed E-state index contributed by atoms with van der Waals surface area (Å²) in [6.45, 7) is 4.06. The van der Waals surface area contributed by atoms with Gasteiger partial charge in [0.25, 0.3) is 11.5 Å². The Labute approximate surface area is 180 Å². The van der Waals surface area contributed by atoms with Crippen molar-refractivity contribution in [2.75, 3.05) is 26.2 Å². The summed E-state index contributed by atoms with van der Waals surface area (Å²) in [6, 6.07) is 10.6. The van der Waals surface area contributed by atoms with E-state index < -0.39 is 5.82 Å². The van der Waals surface area contributed by atoms with Crippen molar-refractivity contribution < 1.29 is 13.9 Å². The molecule has 4 aliphatic rings. The molecule has 1 amide bonds. The minimum absolute atomic E-state index is 0.102. The number of amides is 1. The van der Waals surface area contributed by atoms with Gasteiger partial charge in [0.05, 0.1) is 18.3 Å². The summed E-state index contributed by atoms with van der Waals surface area (Å²) in [5.74, 6) is -0.413. The lowest BCUT2D eigenvalue weighted by Gasteiger charge is -2.43. The number of piperidine rings is 1. The predicted octanol–water partition coefficient (Wildman–Crippen LogP) is 2.22. The van der Waals surface area contributed by atoms with Crippen molar-refractivity contribution in [2.24, 2.45) is 5.92 Å². The summed E-state index contributed by atoms with van der Waals surface area (Å²) in [7, 11) is 0. The molecule has 6 nitrogen and oxygen atoms in total. The Kier molecular flexibility index (Phi) is 4.51. The Bertz CT molecular complexity index is 1100. The van der Waals surface area contributed by atoms with Crippen LogP contribution in [0, 0.1) is 11.7 Å². The molecule has 1 aromatic carbocycles. The molecule has 0 saturated carbocycles. The zero-order valence-electron chi connectivity index (χ0n) is 17.4. The molecule has 0 unspecified atom stereocenters. The molecule has 4 atom stereocenters. The third kappa shape index (κ3) is 3.22. The number of fused-ring (bicyclic) bond motifs is 6. The van der Waals surface area contributed by atoms with E-state index in [1.54, 1.807) is 23.1 Å². The minimum Gasteiger partial charge on any atom is -0.375 e. The van der Waals surface area contributed by atoms with E-state index in [0.717, 1.165) is 37.3 Å². The lowest BCUT2D eigenvalue weighted by atomic mass is 9.82. The SMILES string of the molecule is O=C(c1ccccc1F)N1C[C@@H]2C[C@H](C1)c1ccc(CN3C[C@H]4C[C@@H]3CO4)c(=O)n1C2. The standard InChI is InChI=1S/C24H26FN3O3/c25-21-4-2-1-3-20(21)24(30)27-9-15-7-17(12-27)22-6-5-16(23(29)28(22)10-15)11-26-13-19-8-18(26)14-31-19/h1-6,15,17-19H,7-14H2/t15-,17+,18+,19+/m0/s1. The summed E-state index contributed by atoms with van der Waals surface area (Å²) in [5, 5.41) is 0. The van der Waals surface area contributed by atoms with Crippen LogP contribution in [0.2, 0.25) is 0 Å². The van der Waals surface area contributed by atoms with Crippen LogP contribution in [0.1, 0.15) is 40.4 Å². The van der Waals surface area contributed by atoms with Crippen molar-refractivity contribution in [2.45, 2.75) is 44.0 Å². The van der Waals surface area contributed by atoms with Gasteiger partial charge in [0.2, 0.25) is 0 Å². The molecule has 162 valence electrons. The van der Waals surface area contributed by atoms with E-state index >= 15 is 0 Å². The van der Waals surface area contributed by atoms with Crippen molar-refractivity contribution in [3.05, 3.63) is 69.4 Å². The number of hydrogen-bond acceptors (Lipinski definition) is 4. The van der Waals surface area contributed by atoms with Gasteiger partial charge in [0, 0.05) is 55.9 Å². The summed E-state index contributed by atoms with van der Waals surface area (Å²) in [5.41, 5.74) is 2.07. The van der Waals surface area contributed by atoms with Gasteiger partial charge in [0.15, 0.2) is 0 Å². The highest BCUT2D eigenvalue weighted by atomic mass is 19.1. The molecule has 0 aliphatic carbocycles. The van der Waals surface area contributed by atoms with E-state index in [9.17, 15) is 14.0 Å². The molecule has 3 saturated heterocycles. The lowest BCUT2D eigenvalue weighted by molar-refractivity contribution is 0.0270. The molecule has 0 N–H and O–H groups in total. The maximum Gasteiger partial charge on any atom is 0.256 e. The number of halogens is 1. The number of carbonyl (C=O) groups excluding carboxylic acids is 1. The maximum atomic E-state index is 14.1. The van der Waals surface area contributed by atoms with Crippen LogP contribution in [-0.2, 0) is 17.8 Å². The van der Waals surface area contributed by atoms with Crippen molar-refractivity contribution >= 4 is 5.91 Å². The third-order valence-electron chi connectivity index (χ3n) is 7.46. The third-order valence-corrected chi connectivity index (χ3v) is 7.46. The number of aromatic nitrogens is 1. The van der Waals surface area contributed by atoms with Gasteiger partial charge in [-0.15, -0.1) is 0 Å². The average molecular weight is 423 g/mol. The van der Waals surface area contributed by atoms with E-state index in [1.807, 2.05) is 10.6 Å². The highest BCUT2D eigenvalue weighted by Crippen LogP contribution is 2.36. The molecule has 6 rings (SSSR count). The number of benzene rings is 1. The molecule has 1 aromatic heterocycles. The number of likely N-dealkylation sites (tertiary alicyclic amines) is 2. The second-order valence-corrected chi connectivity index (χ2v) is 9.46.